The van der Waals surface area contributed by atoms with Crippen LogP contribution in [-0.2, 0) is 4.74 Å². The lowest BCUT2D eigenvalue weighted by Crippen LogP contribution is -2.25. The summed E-state index contributed by atoms with van der Waals surface area (Å²) in [5.74, 6) is 0.972. The second-order valence-electron chi connectivity index (χ2n) is 4.64. The standard InChI is InChI=1S/C15H25NO2/c1-4-14(16)11-17-9-6-10-18-15-8-5-7-12(2)13(15)3/h5,7-8,14H,4,6,9-11,16H2,1-3H3. The van der Waals surface area contributed by atoms with Crippen LogP contribution in [0.15, 0.2) is 18.2 Å². The quantitative estimate of drug-likeness (QED) is 0.723. The third-order valence-electron chi connectivity index (χ3n) is 3.10. The topological polar surface area (TPSA) is 44.5 Å². The largest absolute Gasteiger partial charge is 0.493 e. The van der Waals surface area contributed by atoms with E-state index >= 15 is 0 Å². The first-order valence-electron chi connectivity index (χ1n) is 6.67. The Kier molecular flexibility index (Phi) is 6.76. The summed E-state index contributed by atoms with van der Waals surface area (Å²) in [5, 5.41) is 0. The van der Waals surface area contributed by atoms with Crippen LogP contribution in [0.3, 0.4) is 0 Å². The first-order valence-corrected chi connectivity index (χ1v) is 6.67. The van der Waals surface area contributed by atoms with Crippen molar-refractivity contribution in [3.05, 3.63) is 29.3 Å². The molecule has 3 heteroatoms. The lowest BCUT2D eigenvalue weighted by molar-refractivity contribution is 0.107. The van der Waals surface area contributed by atoms with E-state index in [1.54, 1.807) is 0 Å². The Balaban J connectivity index is 2.16. The summed E-state index contributed by atoms with van der Waals surface area (Å²) in [5.41, 5.74) is 8.24. The molecule has 0 spiro atoms. The van der Waals surface area contributed by atoms with Crippen LogP contribution in [0, 0.1) is 13.8 Å². The third-order valence-corrected chi connectivity index (χ3v) is 3.10. The normalized spacial score (nSPS) is 12.4. The van der Waals surface area contributed by atoms with E-state index in [1.807, 2.05) is 12.1 Å². The van der Waals surface area contributed by atoms with Crippen LogP contribution in [0.2, 0.25) is 0 Å². The number of aryl methyl sites for hydroxylation is 1. The van der Waals surface area contributed by atoms with Crippen molar-refractivity contribution in [2.75, 3.05) is 19.8 Å². The van der Waals surface area contributed by atoms with E-state index in [4.69, 9.17) is 15.2 Å². The van der Waals surface area contributed by atoms with E-state index in [1.165, 1.54) is 11.1 Å². The van der Waals surface area contributed by atoms with Gasteiger partial charge in [0.05, 0.1) is 13.2 Å². The molecule has 0 saturated carbocycles. The predicted molar refractivity (Wildman–Crippen MR) is 75.1 cm³/mol. The molecule has 0 fully saturated rings. The summed E-state index contributed by atoms with van der Waals surface area (Å²) < 4.78 is 11.2. The number of ether oxygens (including phenoxy) is 2. The molecule has 1 rings (SSSR count). The molecule has 0 radical (unpaired) electrons. The summed E-state index contributed by atoms with van der Waals surface area (Å²) in [4.78, 5) is 0. The van der Waals surface area contributed by atoms with Crippen LogP contribution in [0.25, 0.3) is 0 Å². The van der Waals surface area contributed by atoms with Crippen LogP contribution in [0.1, 0.15) is 30.9 Å². The molecular formula is C15H25NO2. The third kappa shape index (κ3) is 5.07. The van der Waals surface area contributed by atoms with Gasteiger partial charge in [0.2, 0.25) is 0 Å². The Morgan fingerprint density at radius 2 is 2.00 bits per heavy atom. The Bertz CT molecular complexity index is 352. The van der Waals surface area contributed by atoms with Crippen molar-refractivity contribution in [2.24, 2.45) is 5.73 Å². The number of nitrogens with two attached hydrogens (primary N) is 1. The number of rotatable bonds is 8. The van der Waals surface area contributed by atoms with Gasteiger partial charge in [-0.05, 0) is 37.5 Å². The molecule has 1 unspecified atom stereocenters. The smallest absolute Gasteiger partial charge is 0.122 e. The summed E-state index contributed by atoms with van der Waals surface area (Å²) in [6.07, 6.45) is 1.85. The minimum Gasteiger partial charge on any atom is -0.493 e. The summed E-state index contributed by atoms with van der Waals surface area (Å²) in [6, 6.07) is 6.28. The zero-order valence-electron chi connectivity index (χ0n) is 11.7. The average molecular weight is 251 g/mol. The second-order valence-corrected chi connectivity index (χ2v) is 4.64. The summed E-state index contributed by atoms with van der Waals surface area (Å²) >= 11 is 0. The second kappa shape index (κ2) is 8.11. The van der Waals surface area contributed by atoms with E-state index in [2.05, 4.69) is 26.8 Å². The molecule has 1 aromatic carbocycles. The highest BCUT2D eigenvalue weighted by Crippen LogP contribution is 2.20. The summed E-state index contributed by atoms with van der Waals surface area (Å²) in [6.45, 7) is 8.28. The van der Waals surface area contributed by atoms with Gasteiger partial charge in [0.25, 0.3) is 0 Å². The van der Waals surface area contributed by atoms with Gasteiger partial charge in [-0.15, -0.1) is 0 Å². The van der Waals surface area contributed by atoms with Crippen molar-refractivity contribution >= 4 is 0 Å². The fourth-order valence-electron chi connectivity index (χ4n) is 1.58. The van der Waals surface area contributed by atoms with Gasteiger partial charge in [0.1, 0.15) is 5.75 Å². The van der Waals surface area contributed by atoms with Crippen LogP contribution in [0.5, 0.6) is 5.75 Å². The lowest BCUT2D eigenvalue weighted by Gasteiger charge is -2.12. The van der Waals surface area contributed by atoms with Crippen LogP contribution in [0.4, 0.5) is 0 Å². The molecule has 0 aliphatic rings. The minimum atomic E-state index is 0.157. The van der Waals surface area contributed by atoms with Crippen LogP contribution >= 0.6 is 0 Å². The minimum absolute atomic E-state index is 0.157. The monoisotopic (exact) mass is 251 g/mol. The number of benzene rings is 1. The van der Waals surface area contributed by atoms with Gasteiger partial charge >= 0.3 is 0 Å². The molecule has 0 aliphatic heterocycles. The Morgan fingerprint density at radius 3 is 2.72 bits per heavy atom. The highest BCUT2D eigenvalue weighted by Gasteiger charge is 2.02. The fourth-order valence-corrected chi connectivity index (χ4v) is 1.58. The molecular weight excluding hydrogens is 226 g/mol. The molecule has 18 heavy (non-hydrogen) atoms. The van der Waals surface area contributed by atoms with Crippen molar-refractivity contribution < 1.29 is 9.47 Å². The van der Waals surface area contributed by atoms with E-state index < -0.39 is 0 Å². The maximum Gasteiger partial charge on any atom is 0.122 e. The van der Waals surface area contributed by atoms with Crippen molar-refractivity contribution in [3.63, 3.8) is 0 Å². The lowest BCUT2D eigenvalue weighted by atomic mass is 10.1. The van der Waals surface area contributed by atoms with Gasteiger partial charge in [-0.25, -0.2) is 0 Å². The predicted octanol–water partition coefficient (Wildman–Crippen LogP) is 2.83. The molecule has 2 N–H and O–H groups in total. The van der Waals surface area contributed by atoms with Gasteiger partial charge in [0, 0.05) is 19.1 Å². The first-order chi connectivity index (χ1) is 8.65. The maximum atomic E-state index is 5.76. The maximum absolute atomic E-state index is 5.76. The van der Waals surface area contributed by atoms with Crippen LogP contribution < -0.4 is 10.5 Å². The van der Waals surface area contributed by atoms with Gasteiger partial charge in [-0.2, -0.15) is 0 Å². The van der Waals surface area contributed by atoms with Gasteiger partial charge in [-0.3, -0.25) is 0 Å². The Hall–Kier alpha value is -1.06. The number of hydrogen-bond donors (Lipinski definition) is 1. The molecule has 0 aromatic heterocycles. The van der Waals surface area contributed by atoms with E-state index in [-0.39, 0.29) is 6.04 Å². The Labute approximate surface area is 110 Å². The molecule has 0 saturated heterocycles. The molecule has 0 aliphatic carbocycles. The van der Waals surface area contributed by atoms with Crippen molar-refractivity contribution in [3.8, 4) is 5.75 Å². The molecule has 0 amide bonds. The average Bonchev–Trinajstić information content (AvgIpc) is 2.38. The molecule has 0 heterocycles. The SMILES string of the molecule is CCC(N)COCCCOc1cccc(C)c1C. The molecule has 3 nitrogen and oxygen atoms in total. The molecule has 1 aromatic rings. The van der Waals surface area contributed by atoms with E-state index in [0.29, 0.717) is 19.8 Å². The van der Waals surface area contributed by atoms with Gasteiger partial charge < -0.3 is 15.2 Å². The zero-order valence-corrected chi connectivity index (χ0v) is 11.7. The van der Waals surface area contributed by atoms with Crippen molar-refractivity contribution in [1.29, 1.82) is 0 Å². The fraction of sp³-hybridized carbons (Fsp3) is 0.600. The number of hydrogen-bond acceptors (Lipinski definition) is 3. The molecule has 1 atom stereocenters. The van der Waals surface area contributed by atoms with Crippen LogP contribution in [-0.4, -0.2) is 25.9 Å². The van der Waals surface area contributed by atoms with Crippen molar-refractivity contribution in [1.82, 2.24) is 0 Å². The van der Waals surface area contributed by atoms with E-state index in [0.717, 1.165) is 18.6 Å². The van der Waals surface area contributed by atoms with Gasteiger partial charge in [-0.1, -0.05) is 19.1 Å². The highest BCUT2D eigenvalue weighted by molar-refractivity contribution is 5.38. The Morgan fingerprint density at radius 1 is 1.22 bits per heavy atom. The zero-order chi connectivity index (χ0) is 13.4. The first kappa shape index (κ1) is 15.0. The highest BCUT2D eigenvalue weighted by atomic mass is 16.5. The van der Waals surface area contributed by atoms with Crippen molar-refractivity contribution in [2.45, 2.75) is 39.7 Å². The summed E-state index contributed by atoms with van der Waals surface area (Å²) in [7, 11) is 0. The van der Waals surface area contributed by atoms with E-state index in [9.17, 15) is 0 Å². The molecule has 102 valence electrons. The molecule has 0 bridgehead atoms. The van der Waals surface area contributed by atoms with Gasteiger partial charge in [0.15, 0.2) is 0 Å².